The first-order valence-electron chi connectivity index (χ1n) is 6.36. The number of nitrogens with one attached hydrogen (secondary N) is 1. The summed E-state index contributed by atoms with van der Waals surface area (Å²) in [6.45, 7) is 0.0535. The summed E-state index contributed by atoms with van der Waals surface area (Å²) in [5.41, 5.74) is 2.16. The fourth-order valence-electron chi connectivity index (χ4n) is 1.90. The van der Waals surface area contributed by atoms with E-state index in [0.717, 1.165) is 5.56 Å². The van der Waals surface area contributed by atoms with Gasteiger partial charge in [-0.25, -0.2) is 18.1 Å². The molecule has 3 heterocycles. The number of imidazole rings is 1. The third-order valence-electron chi connectivity index (χ3n) is 2.95. The molecule has 1 N–H and O–H groups in total. The van der Waals surface area contributed by atoms with Crippen LogP contribution in [0.4, 0.5) is 0 Å². The normalized spacial score (nSPS) is 11.7. The molecular formula is C13H13N5O2S2. The smallest absolute Gasteiger partial charge is 0.259 e. The van der Waals surface area contributed by atoms with Gasteiger partial charge in [0.1, 0.15) is 0 Å². The van der Waals surface area contributed by atoms with Crippen molar-refractivity contribution in [2.75, 3.05) is 0 Å². The molecule has 0 saturated heterocycles. The highest BCUT2D eigenvalue weighted by Crippen LogP contribution is 2.22. The largest absolute Gasteiger partial charge is 0.339 e. The Morgan fingerprint density at radius 2 is 2.09 bits per heavy atom. The van der Waals surface area contributed by atoms with Gasteiger partial charge >= 0.3 is 0 Å². The molecule has 0 amide bonds. The van der Waals surface area contributed by atoms with E-state index in [1.165, 1.54) is 12.5 Å². The Bertz CT molecular complexity index is 871. The van der Waals surface area contributed by atoms with Crippen LogP contribution in [-0.2, 0) is 23.6 Å². The van der Waals surface area contributed by atoms with Crippen LogP contribution in [0.3, 0.4) is 0 Å². The van der Waals surface area contributed by atoms with E-state index in [4.69, 9.17) is 0 Å². The van der Waals surface area contributed by atoms with Crippen LogP contribution >= 0.6 is 11.3 Å². The van der Waals surface area contributed by atoms with E-state index < -0.39 is 10.0 Å². The molecule has 0 aromatic carbocycles. The Hall–Kier alpha value is -2.10. The van der Waals surface area contributed by atoms with E-state index in [9.17, 15) is 8.42 Å². The van der Waals surface area contributed by atoms with Crippen molar-refractivity contribution in [1.29, 1.82) is 0 Å². The van der Waals surface area contributed by atoms with Gasteiger partial charge in [-0.05, 0) is 11.4 Å². The Labute approximate surface area is 131 Å². The van der Waals surface area contributed by atoms with Crippen molar-refractivity contribution >= 4 is 21.4 Å². The van der Waals surface area contributed by atoms with Crippen LogP contribution in [0.5, 0.6) is 0 Å². The molecule has 0 fully saturated rings. The lowest BCUT2D eigenvalue weighted by Crippen LogP contribution is -2.24. The summed E-state index contributed by atoms with van der Waals surface area (Å²) in [6.07, 6.45) is 6.01. The van der Waals surface area contributed by atoms with Crippen LogP contribution < -0.4 is 4.72 Å². The minimum absolute atomic E-state index is 0.0176. The van der Waals surface area contributed by atoms with Crippen LogP contribution in [0.1, 0.15) is 5.69 Å². The van der Waals surface area contributed by atoms with Gasteiger partial charge in [0.15, 0.2) is 5.03 Å². The second-order valence-corrected chi connectivity index (χ2v) is 7.06. The first-order chi connectivity index (χ1) is 10.6. The molecule has 0 spiro atoms. The number of hydrogen-bond acceptors (Lipinski definition) is 6. The van der Waals surface area contributed by atoms with Gasteiger partial charge in [-0.3, -0.25) is 9.97 Å². The maximum Gasteiger partial charge on any atom is 0.259 e. The molecule has 0 atom stereocenters. The van der Waals surface area contributed by atoms with Crippen molar-refractivity contribution in [3.8, 4) is 11.3 Å². The SMILES string of the molecule is Cn1cnc(S(=O)(=O)NCc2nccnc2-c2ccsc2)c1. The average Bonchev–Trinajstić information content (AvgIpc) is 3.17. The van der Waals surface area contributed by atoms with Crippen LogP contribution in [0.2, 0.25) is 0 Å². The number of aryl methyl sites for hydroxylation is 1. The van der Waals surface area contributed by atoms with Crippen molar-refractivity contribution < 1.29 is 8.42 Å². The second kappa shape index (κ2) is 5.95. The molecule has 0 aliphatic carbocycles. The maximum absolute atomic E-state index is 12.2. The fraction of sp³-hybridized carbons (Fsp3) is 0.154. The Balaban J connectivity index is 1.83. The lowest BCUT2D eigenvalue weighted by Gasteiger charge is -2.07. The zero-order valence-corrected chi connectivity index (χ0v) is 13.3. The molecule has 22 heavy (non-hydrogen) atoms. The van der Waals surface area contributed by atoms with Gasteiger partial charge in [-0.15, -0.1) is 0 Å². The van der Waals surface area contributed by atoms with Crippen molar-refractivity contribution in [3.63, 3.8) is 0 Å². The number of nitrogens with zero attached hydrogens (tertiary/aromatic N) is 4. The molecule has 9 heteroatoms. The fourth-order valence-corrected chi connectivity index (χ4v) is 3.51. The lowest BCUT2D eigenvalue weighted by atomic mass is 10.2. The number of aromatic nitrogens is 4. The van der Waals surface area contributed by atoms with E-state index in [0.29, 0.717) is 11.4 Å². The summed E-state index contributed by atoms with van der Waals surface area (Å²) in [5, 5.41) is 3.86. The molecule has 3 rings (SSSR count). The van der Waals surface area contributed by atoms with Crippen LogP contribution in [0, 0.1) is 0 Å². The molecule has 0 radical (unpaired) electrons. The van der Waals surface area contributed by atoms with E-state index in [1.54, 1.807) is 35.3 Å². The predicted molar refractivity (Wildman–Crippen MR) is 82.6 cm³/mol. The van der Waals surface area contributed by atoms with Gasteiger partial charge < -0.3 is 4.57 Å². The summed E-state index contributed by atoms with van der Waals surface area (Å²) in [6, 6.07) is 1.92. The minimum Gasteiger partial charge on any atom is -0.339 e. The van der Waals surface area contributed by atoms with Gasteiger partial charge in [-0.2, -0.15) is 11.3 Å². The van der Waals surface area contributed by atoms with E-state index in [-0.39, 0.29) is 11.6 Å². The summed E-state index contributed by atoms with van der Waals surface area (Å²) >= 11 is 1.55. The van der Waals surface area contributed by atoms with Gasteiger partial charge in [0.05, 0.1) is 24.3 Å². The number of rotatable bonds is 5. The van der Waals surface area contributed by atoms with Gasteiger partial charge in [0, 0.05) is 36.6 Å². The molecule has 0 aliphatic rings. The highest BCUT2D eigenvalue weighted by Gasteiger charge is 2.18. The predicted octanol–water partition coefficient (Wildman–Crippen LogP) is 1.42. The summed E-state index contributed by atoms with van der Waals surface area (Å²) in [4.78, 5) is 12.4. The Morgan fingerprint density at radius 3 is 2.77 bits per heavy atom. The number of sulfonamides is 1. The molecule has 0 bridgehead atoms. The van der Waals surface area contributed by atoms with Gasteiger partial charge in [0.2, 0.25) is 0 Å². The van der Waals surface area contributed by atoms with Crippen LogP contribution in [0.25, 0.3) is 11.3 Å². The van der Waals surface area contributed by atoms with Crippen molar-refractivity contribution in [2.24, 2.45) is 7.05 Å². The highest BCUT2D eigenvalue weighted by atomic mass is 32.2. The lowest BCUT2D eigenvalue weighted by molar-refractivity contribution is 0.577. The molecule has 0 saturated carbocycles. The third kappa shape index (κ3) is 3.06. The van der Waals surface area contributed by atoms with E-state index in [1.807, 2.05) is 16.8 Å². The maximum atomic E-state index is 12.2. The first kappa shape index (κ1) is 14.8. The van der Waals surface area contributed by atoms with Gasteiger partial charge in [-0.1, -0.05) is 0 Å². The third-order valence-corrected chi connectivity index (χ3v) is 4.92. The first-order valence-corrected chi connectivity index (χ1v) is 8.79. The van der Waals surface area contributed by atoms with Crippen molar-refractivity contribution in [1.82, 2.24) is 24.2 Å². The molecule has 7 nitrogen and oxygen atoms in total. The Morgan fingerprint density at radius 1 is 1.27 bits per heavy atom. The monoisotopic (exact) mass is 335 g/mol. The quantitative estimate of drug-likeness (QED) is 0.761. The van der Waals surface area contributed by atoms with Crippen molar-refractivity contribution in [3.05, 3.63) is 47.4 Å². The van der Waals surface area contributed by atoms with Crippen LogP contribution in [-0.4, -0.2) is 27.9 Å². The zero-order valence-electron chi connectivity index (χ0n) is 11.7. The van der Waals surface area contributed by atoms with E-state index >= 15 is 0 Å². The summed E-state index contributed by atoms with van der Waals surface area (Å²) < 4.78 is 28.4. The second-order valence-electron chi connectivity index (χ2n) is 4.57. The number of thiophene rings is 1. The molecular weight excluding hydrogens is 322 g/mol. The Kier molecular flexibility index (Phi) is 4.01. The zero-order chi connectivity index (χ0) is 15.6. The standard InChI is InChI=1S/C13H13N5O2S2/c1-18-7-12(16-9-18)22(19,20)17-6-11-13(15-4-3-14-11)10-2-5-21-8-10/h2-5,7-9,17H,6H2,1H3. The average molecular weight is 335 g/mol. The molecule has 0 unspecified atom stereocenters. The summed E-state index contributed by atoms with van der Waals surface area (Å²) in [7, 11) is -1.96. The van der Waals surface area contributed by atoms with Gasteiger partial charge in [0.25, 0.3) is 10.0 Å². The highest BCUT2D eigenvalue weighted by molar-refractivity contribution is 7.89. The van der Waals surface area contributed by atoms with Crippen LogP contribution in [0.15, 0.2) is 46.8 Å². The molecule has 114 valence electrons. The van der Waals surface area contributed by atoms with E-state index in [2.05, 4.69) is 19.7 Å². The topological polar surface area (TPSA) is 89.8 Å². The molecule has 0 aliphatic heterocycles. The minimum atomic E-state index is -3.67. The summed E-state index contributed by atoms with van der Waals surface area (Å²) in [5.74, 6) is 0. The molecule has 3 aromatic heterocycles. The van der Waals surface area contributed by atoms with Crippen molar-refractivity contribution in [2.45, 2.75) is 11.6 Å². The number of hydrogen-bond donors (Lipinski definition) is 1. The molecule has 3 aromatic rings.